The fourth-order valence-electron chi connectivity index (χ4n) is 2.31. The molecule has 0 bridgehead atoms. The summed E-state index contributed by atoms with van der Waals surface area (Å²) in [6, 6.07) is 17.3. The van der Waals surface area contributed by atoms with Crippen LogP contribution >= 0.6 is 0 Å². The van der Waals surface area contributed by atoms with E-state index in [-0.39, 0.29) is 5.91 Å². The van der Waals surface area contributed by atoms with Crippen LogP contribution in [0.3, 0.4) is 0 Å². The normalized spacial score (nSPS) is 11.0. The van der Waals surface area contributed by atoms with Gasteiger partial charge in [0.25, 0.3) is 0 Å². The Morgan fingerprint density at radius 1 is 1.04 bits per heavy atom. The number of benzene rings is 3. The van der Waals surface area contributed by atoms with Gasteiger partial charge < -0.3 is 10.4 Å². The molecule has 0 aliphatic heterocycles. The van der Waals surface area contributed by atoms with Crippen molar-refractivity contribution in [1.82, 2.24) is 0 Å². The number of amides is 1. The van der Waals surface area contributed by atoms with Gasteiger partial charge >= 0.3 is 0 Å². The van der Waals surface area contributed by atoms with Gasteiger partial charge in [-0.15, -0.1) is 0 Å². The molecule has 0 heterocycles. The van der Waals surface area contributed by atoms with Crippen molar-refractivity contribution in [1.29, 1.82) is 0 Å². The average molecular weight is 307 g/mol. The van der Waals surface area contributed by atoms with Crippen molar-refractivity contribution < 1.29 is 14.3 Å². The van der Waals surface area contributed by atoms with Gasteiger partial charge in [-0.2, -0.15) is 0 Å². The van der Waals surface area contributed by atoms with Gasteiger partial charge in [0.05, 0.1) is 0 Å². The molecule has 2 N–H and O–H groups in total. The van der Waals surface area contributed by atoms with Crippen molar-refractivity contribution in [3.05, 3.63) is 78.1 Å². The number of halogens is 1. The third-order valence-electron chi connectivity index (χ3n) is 3.44. The van der Waals surface area contributed by atoms with E-state index in [4.69, 9.17) is 0 Å². The SMILES string of the molecule is O=C(C=Cc1ccc(F)c(O)c1)Nc1cccc2ccccc12. The molecule has 0 unspecified atom stereocenters. The van der Waals surface area contributed by atoms with E-state index in [1.165, 1.54) is 24.3 Å². The Labute approximate surface area is 132 Å². The van der Waals surface area contributed by atoms with E-state index in [9.17, 15) is 14.3 Å². The van der Waals surface area contributed by atoms with Crippen LogP contribution in [0.5, 0.6) is 5.75 Å². The van der Waals surface area contributed by atoms with Gasteiger partial charge in [-0.25, -0.2) is 4.39 Å². The third kappa shape index (κ3) is 3.37. The largest absolute Gasteiger partial charge is 0.505 e. The van der Waals surface area contributed by atoms with Gasteiger partial charge in [0, 0.05) is 17.1 Å². The van der Waals surface area contributed by atoms with Gasteiger partial charge in [0.15, 0.2) is 11.6 Å². The molecule has 114 valence electrons. The maximum atomic E-state index is 13.0. The molecule has 3 rings (SSSR count). The number of hydrogen-bond donors (Lipinski definition) is 2. The molecule has 1 amide bonds. The molecule has 23 heavy (non-hydrogen) atoms. The molecule has 3 aromatic rings. The maximum absolute atomic E-state index is 13.0. The number of phenolic OH excluding ortho intramolecular Hbond substituents is 1. The molecule has 0 fully saturated rings. The predicted octanol–water partition coefficient (Wildman–Crippen LogP) is 4.34. The Bertz CT molecular complexity index is 898. The summed E-state index contributed by atoms with van der Waals surface area (Å²) in [5.74, 6) is -1.44. The Kier molecular flexibility index (Phi) is 4.06. The lowest BCUT2D eigenvalue weighted by Crippen LogP contribution is -2.07. The van der Waals surface area contributed by atoms with Crippen LogP contribution in [0.4, 0.5) is 10.1 Å². The van der Waals surface area contributed by atoms with Crippen LogP contribution in [0.2, 0.25) is 0 Å². The van der Waals surface area contributed by atoms with Crippen molar-refractivity contribution in [2.75, 3.05) is 5.32 Å². The smallest absolute Gasteiger partial charge is 0.248 e. The van der Waals surface area contributed by atoms with Crippen LogP contribution in [-0.2, 0) is 4.79 Å². The molecular weight excluding hydrogens is 293 g/mol. The lowest BCUT2D eigenvalue weighted by molar-refractivity contribution is -0.111. The number of nitrogens with one attached hydrogen (secondary N) is 1. The summed E-state index contributed by atoms with van der Waals surface area (Å²) in [5, 5.41) is 14.1. The fourth-order valence-corrected chi connectivity index (χ4v) is 2.31. The van der Waals surface area contributed by atoms with Crippen molar-refractivity contribution in [3.8, 4) is 5.75 Å². The molecule has 3 aromatic carbocycles. The fraction of sp³-hybridized carbons (Fsp3) is 0. The number of hydrogen-bond acceptors (Lipinski definition) is 2. The number of phenols is 1. The van der Waals surface area contributed by atoms with Crippen LogP contribution in [0.1, 0.15) is 5.56 Å². The quantitative estimate of drug-likeness (QED) is 0.707. The van der Waals surface area contributed by atoms with Gasteiger partial charge in [-0.3, -0.25) is 4.79 Å². The molecule has 0 spiro atoms. The monoisotopic (exact) mass is 307 g/mol. The highest BCUT2D eigenvalue weighted by atomic mass is 19.1. The summed E-state index contributed by atoms with van der Waals surface area (Å²) in [7, 11) is 0. The second kappa shape index (κ2) is 6.32. The second-order valence-corrected chi connectivity index (χ2v) is 5.06. The second-order valence-electron chi connectivity index (χ2n) is 5.06. The van der Waals surface area contributed by atoms with Crippen LogP contribution in [0, 0.1) is 5.82 Å². The van der Waals surface area contributed by atoms with Crippen molar-refractivity contribution in [3.63, 3.8) is 0 Å². The van der Waals surface area contributed by atoms with Gasteiger partial charge in [-0.05, 0) is 35.2 Å². The van der Waals surface area contributed by atoms with Crippen molar-refractivity contribution in [2.24, 2.45) is 0 Å². The molecule has 0 atom stereocenters. The molecule has 0 aliphatic carbocycles. The molecule has 0 radical (unpaired) electrons. The number of carbonyl (C=O) groups is 1. The lowest BCUT2D eigenvalue weighted by Gasteiger charge is -2.06. The number of anilines is 1. The summed E-state index contributed by atoms with van der Waals surface area (Å²) in [5.41, 5.74) is 1.26. The van der Waals surface area contributed by atoms with E-state index < -0.39 is 11.6 Å². The highest BCUT2D eigenvalue weighted by Crippen LogP contribution is 2.23. The molecule has 0 saturated carbocycles. The Morgan fingerprint density at radius 3 is 2.65 bits per heavy atom. The summed E-state index contributed by atoms with van der Waals surface area (Å²) in [6.45, 7) is 0. The van der Waals surface area contributed by atoms with E-state index in [0.29, 0.717) is 5.56 Å². The van der Waals surface area contributed by atoms with Crippen LogP contribution in [0.15, 0.2) is 66.7 Å². The Balaban J connectivity index is 1.78. The zero-order valence-electron chi connectivity index (χ0n) is 12.2. The lowest BCUT2D eigenvalue weighted by atomic mass is 10.1. The zero-order valence-corrected chi connectivity index (χ0v) is 12.2. The minimum absolute atomic E-state index is 0.301. The molecule has 4 heteroatoms. The number of rotatable bonds is 3. The summed E-state index contributed by atoms with van der Waals surface area (Å²) >= 11 is 0. The number of fused-ring (bicyclic) bond motifs is 1. The van der Waals surface area contributed by atoms with Crippen LogP contribution in [-0.4, -0.2) is 11.0 Å². The van der Waals surface area contributed by atoms with Gasteiger partial charge in [-0.1, -0.05) is 42.5 Å². The molecule has 0 aromatic heterocycles. The first-order chi connectivity index (χ1) is 11.1. The highest BCUT2D eigenvalue weighted by Gasteiger charge is 2.03. The van der Waals surface area contributed by atoms with Gasteiger partial charge in [0.2, 0.25) is 5.91 Å². The average Bonchev–Trinajstić information content (AvgIpc) is 2.56. The first kappa shape index (κ1) is 14.8. The summed E-state index contributed by atoms with van der Waals surface area (Å²) in [6.07, 6.45) is 2.86. The topological polar surface area (TPSA) is 49.3 Å². The van der Waals surface area contributed by atoms with E-state index >= 15 is 0 Å². The summed E-state index contributed by atoms with van der Waals surface area (Å²) < 4.78 is 13.0. The Hall–Kier alpha value is -3.14. The van der Waals surface area contributed by atoms with E-state index in [1.807, 2.05) is 42.5 Å². The Morgan fingerprint density at radius 2 is 1.83 bits per heavy atom. The van der Waals surface area contributed by atoms with Crippen LogP contribution < -0.4 is 5.32 Å². The van der Waals surface area contributed by atoms with Crippen molar-refractivity contribution >= 4 is 28.4 Å². The zero-order chi connectivity index (χ0) is 16.2. The van der Waals surface area contributed by atoms with E-state index in [0.717, 1.165) is 22.5 Å². The first-order valence-electron chi connectivity index (χ1n) is 7.09. The molecule has 0 aliphatic rings. The standard InChI is InChI=1S/C19H14FNO2/c20-16-10-8-13(12-18(16)22)9-11-19(23)21-17-7-3-5-14-4-1-2-6-15(14)17/h1-12,22H,(H,21,23). The molecule has 3 nitrogen and oxygen atoms in total. The first-order valence-corrected chi connectivity index (χ1v) is 7.09. The van der Waals surface area contributed by atoms with Gasteiger partial charge in [0.1, 0.15) is 0 Å². The maximum Gasteiger partial charge on any atom is 0.248 e. The van der Waals surface area contributed by atoms with Crippen LogP contribution in [0.25, 0.3) is 16.8 Å². The molecular formula is C19H14FNO2. The molecule has 0 saturated heterocycles. The van der Waals surface area contributed by atoms with E-state index in [2.05, 4.69) is 5.32 Å². The number of carbonyl (C=O) groups excluding carboxylic acids is 1. The predicted molar refractivity (Wildman–Crippen MR) is 89.7 cm³/mol. The van der Waals surface area contributed by atoms with E-state index in [1.54, 1.807) is 0 Å². The summed E-state index contributed by atoms with van der Waals surface area (Å²) in [4.78, 5) is 12.0. The minimum Gasteiger partial charge on any atom is -0.505 e. The third-order valence-corrected chi connectivity index (χ3v) is 3.44. The highest BCUT2D eigenvalue weighted by molar-refractivity contribution is 6.07. The van der Waals surface area contributed by atoms with Crippen molar-refractivity contribution in [2.45, 2.75) is 0 Å². The minimum atomic E-state index is -0.692. The number of aromatic hydroxyl groups is 1.